The fourth-order valence-corrected chi connectivity index (χ4v) is 1.60. The Morgan fingerprint density at radius 1 is 1.40 bits per heavy atom. The number of aromatic nitrogens is 2. The predicted molar refractivity (Wildman–Crippen MR) is 70.5 cm³/mol. The second-order valence-electron chi connectivity index (χ2n) is 3.88. The summed E-state index contributed by atoms with van der Waals surface area (Å²) in [6.45, 7) is 0.0191. The van der Waals surface area contributed by atoms with Gasteiger partial charge in [0.25, 0.3) is 5.69 Å². The van der Waals surface area contributed by atoms with E-state index in [1.807, 2.05) is 0 Å². The van der Waals surface area contributed by atoms with Crippen molar-refractivity contribution < 1.29 is 14.5 Å². The normalized spacial score (nSPS) is 10.2. The Balaban J connectivity index is 1.94. The maximum absolute atomic E-state index is 11.7. The van der Waals surface area contributed by atoms with Gasteiger partial charge in [-0.1, -0.05) is 0 Å². The van der Waals surface area contributed by atoms with Crippen LogP contribution in [0.5, 0.6) is 0 Å². The summed E-state index contributed by atoms with van der Waals surface area (Å²) in [5.74, 6) is 0.211. The van der Waals surface area contributed by atoms with Crippen LogP contribution in [0.15, 0.2) is 36.8 Å². The van der Waals surface area contributed by atoms with Crippen molar-refractivity contribution in [2.24, 2.45) is 0 Å². The van der Waals surface area contributed by atoms with Crippen LogP contribution in [-0.4, -0.2) is 20.6 Å². The van der Waals surface area contributed by atoms with Crippen molar-refractivity contribution in [3.63, 3.8) is 0 Å². The zero-order valence-electron chi connectivity index (χ0n) is 10.2. The molecule has 2 rings (SSSR count). The quantitative estimate of drug-likeness (QED) is 0.491. The largest absolute Gasteiger partial charge is 0.444 e. The molecular weight excluding hydrogens is 286 g/mol. The third-order valence-electron chi connectivity index (χ3n) is 2.49. The molecule has 0 bridgehead atoms. The minimum atomic E-state index is -0.591. The highest BCUT2D eigenvalue weighted by Crippen LogP contribution is 2.12. The molecular formula is C12H10ClN3O4. The van der Waals surface area contributed by atoms with Gasteiger partial charge in [-0.05, 0) is 17.7 Å². The highest BCUT2D eigenvalue weighted by molar-refractivity contribution is 6.16. The first-order chi connectivity index (χ1) is 9.60. The molecule has 0 aliphatic rings. The SMILES string of the molecule is O=C(OCc1ccc([N+](=O)[O-])cc1)n1cnc(CCl)c1. The van der Waals surface area contributed by atoms with Gasteiger partial charge in [0.15, 0.2) is 0 Å². The van der Waals surface area contributed by atoms with E-state index < -0.39 is 11.0 Å². The summed E-state index contributed by atoms with van der Waals surface area (Å²) >= 11 is 5.58. The van der Waals surface area contributed by atoms with Crippen molar-refractivity contribution in [2.45, 2.75) is 12.5 Å². The van der Waals surface area contributed by atoms with Gasteiger partial charge in [0.05, 0.1) is 16.5 Å². The molecule has 1 aromatic heterocycles. The van der Waals surface area contributed by atoms with Crippen LogP contribution in [0.3, 0.4) is 0 Å². The van der Waals surface area contributed by atoms with E-state index in [0.717, 1.165) is 0 Å². The molecule has 0 N–H and O–H groups in total. The number of rotatable bonds is 4. The minimum absolute atomic E-state index is 0.0126. The third-order valence-corrected chi connectivity index (χ3v) is 2.77. The lowest BCUT2D eigenvalue weighted by Gasteiger charge is -2.04. The number of carbonyl (C=O) groups is 1. The fraction of sp³-hybridized carbons (Fsp3) is 0.167. The fourth-order valence-electron chi connectivity index (χ4n) is 1.47. The van der Waals surface area contributed by atoms with Crippen molar-refractivity contribution in [3.05, 3.63) is 58.2 Å². The van der Waals surface area contributed by atoms with Crippen molar-refractivity contribution in [1.82, 2.24) is 9.55 Å². The topological polar surface area (TPSA) is 87.3 Å². The van der Waals surface area contributed by atoms with Crippen LogP contribution in [0.4, 0.5) is 10.5 Å². The maximum atomic E-state index is 11.7. The molecule has 7 nitrogen and oxygen atoms in total. The molecule has 0 unspecified atom stereocenters. The van der Waals surface area contributed by atoms with E-state index >= 15 is 0 Å². The third kappa shape index (κ3) is 3.33. The van der Waals surface area contributed by atoms with E-state index in [9.17, 15) is 14.9 Å². The smallest absolute Gasteiger partial charge is 0.419 e. The molecule has 8 heteroatoms. The minimum Gasteiger partial charge on any atom is -0.444 e. The number of imidazole rings is 1. The summed E-state index contributed by atoms with van der Waals surface area (Å²) in [7, 11) is 0. The van der Waals surface area contributed by atoms with E-state index in [0.29, 0.717) is 11.3 Å². The molecule has 0 spiro atoms. The summed E-state index contributed by atoms with van der Waals surface area (Å²) < 4.78 is 6.23. The van der Waals surface area contributed by atoms with Crippen molar-refractivity contribution >= 4 is 23.4 Å². The van der Waals surface area contributed by atoms with Crippen molar-refractivity contribution in [1.29, 1.82) is 0 Å². The molecule has 0 radical (unpaired) electrons. The van der Waals surface area contributed by atoms with Gasteiger partial charge >= 0.3 is 6.09 Å². The first kappa shape index (κ1) is 14.0. The molecule has 0 atom stereocenters. The van der Waals surface area contributed by atoms with Crippen molar-refractivity contribution in [2.75, 3.05) is 0 Å². The molecule has 2 aromatic rings. The number of hydrogen-bond donors (Lipinski definition) is 0. The number of non-ortho nitro benzene ring substituents is 1. The number of halogens is 1. The Morgan fingerprint density at radius 2 is 2.10 bits per heavy atom. The van der Waals surface area contributed by atoms with Crippen LogP contribution in [-0.2, 0) is 17.2 Å². The summed E-state index contributed by atoms with van der Waals surface area (Å²) in [6.07, 6.45) is 2.20. The summed E-state index contributed by atoms with van der Waals surface area (Å²) in [4.78, 5) is 25.6. The maximum Gasteiger partial charge on any atom is 0.419 e. The number of ether oxygens (including phenoxy) is 1. The molecule has 0 aliphatic heterocycles. The van der Waals surface area contributed by atoms with Gasteiger partial charge in [-0.3, -0.25) is 10.1 Å². The van der Waals surface area contributed by atoms with Gasteiger partial charge < -0.3 is 4.74 Å². The lowest BCUT2D eigenvalue weighted by molar-refractivity contribution is -0.384. The highest BCUT2D eigenvalue weighted by Gasteiger charge is 2.09. The van der Waals surface area contributed by atoms with E-state index in [1.54, 1.807) is 0 Å². The molecule has 0 saturated carbocycles. The van der Waals surface area contributed by atoms with Crippen LogP contribution in [0, 0.1) is 10.1 Å². The van der Waals surface area contributed by atoms with Gasteiger partial charge in [-0.25, -0.2) is 14.3 Å². The average Bonchev–Trinajstić information content (AvgIpc) is 2.94. The van der Waals surface area contributed by atoms with Gasteiger partial charge in [0, 0.05) is 18.3 Å². The van der Waals surface area contributed by atoms with Gasteiger partial charge in [0.2, 0.25) is 0 Å². The average molecular weight is 296 g/mol. The number of nitro benzene ring substituents is 1. The molecule has 1 heterocycles. The second kappa shape index (κ2) is 6.16. The van der Waals surface area contributed by atoms with Gasteiger partial charge in [-0.15, -0.1) is 11.6 Å². The molecule has 0 saturated heterocycles. The molecule has 0 amide bonds. The van der Waals surface area contributed by atoms with Crippen molar-refractivity contribution in [3.8, 4) is 0 Å². The molecule has 20 heavy (non-hydrogen) atoms. The highest BCUT2D eigenvalue weighted by atomic mass is 35.5. The number of nitrogens with zero attached hydrogens (tertiary/aromatic N) is 3. The summed E-state index contributed by atoms with van der Waals surface area (Å²) in [6, 6.07) is 5.77. The molecule has 104 valence electrons. The zero-order chi connectivity index (χ0) is 14.5. The summed E-state index contributed by atoms with van der Waals surface area (Å²) in [5, 5.41) is 10.5. The second-order valence-corrected chi connectivity index (χ2v) is 4.15. The number of alkyl halides is 1. The molecule has 0 fully saturated rings. The van der Waals surface area contributed by atoms with Gasteiger partial charge in [0.1, 0.15) is 12.9 Å². The number of carbonyl (C=O) groups excluding carboxylic acids is 1. The standard InChI is InChI=1S/C12H10ClN3O4/c13-5-10-6-15(8-14-10)12(17)20-7-9-1-3-11(4-2-9)16(18)19/h1-4,6,8H,5,7H2. The number of nitro groups is 1. The van der Waals surface area contributed by atoms with Crippen LogP contribution in [0.25, 0.3) is 0 Å². The van der Waals surface area contributed by atoms with E-state index in [2.05, 4.69) is 4.98 Å². The molecule has 1 aromatic carbocycles. The van der Waals surface area contributed by atoms with Crippen LogP contribution in [0.1, 0.15) is 11.3 Å². The summed E-state index contributed by atoms with van der Waals surface area (Å²) in [5.41, 5.74) is 1.21. The Labute approximate surface area is 118 Å². The number of hydrogen-bond acceptors (Lipinski definition) is 5. The van der Waals surface area contributed by atoms with Crippen LogP contribution < -0.4 is 0 Å². The first-order valence-electron chi connectivity index (χ1n) is 5.59. The van der Waals surface area contributed by atoms with Gasteiger partial charge in [-0.2, -0.15) is 0 Å². The first-order valence-corrected chi connectivity index (χ1v) is 6.13. The predicted octanol–water partition coefficient (Wildman–Crippen LogP) is 2.72. The Bertz CT molecular complexity index is 624. The molecule has 0 aliphatic carbocycles. The lowest BCUT2D eigenvalue weighted by atomic mass is 10.2. The monoisotopic (exact) mass is 295 g/mol. The Kier molecular flexibility index (Phi) is 4.31. The van der Waals surface area contributed by atoms with E-state index in [1.165, 1.54) is 41.4 Å². The van der Waals surface area contributed by atoms with E-state index in [-0.39, 0.29) is 18.2 Å². The zero-order valence-corrected chi connectivity index (χ0v) is 11.0. The Morgan fingerprint density at radius 3 is 2.65 bits per heavy atom. The Hall–Kier alpha value is -2.41. The number of benzene rings is 1. The lowest BCUT2D eigenvalue weighted by Crippen LogP contribution is -2.11. The van der Waals surface area contributed by atoms with Crippen LogP contribution >= 0.6 is 11.6 Å². The van der Waals surface area contributed by atoms with E-state index in [4.69, 9.17) is 16.3 Å². The van der Waals surface area contributed by atoms with Crippen LogP contribution in [0.2, 0.25) is 0 Å².